The lowest BCUT2D eigenvalue weighted by Crippen LogP contribution is -2.27. The van der Waals surface area contributed by atoms with Crippen molar-refractivity contribution in [2.75, 3.05) is 5.32 Å². The number of ether oxygens (including phenoxy) is 1. The highest BCUT2D eigenvalue weighted by atomic mass is 32.1. The fourth-order valence-corrected chi connectivity index (χ4v) is 5.34. The van der Waals surface area contributed by atoms with Crippen molar-refractivity contribution in [3.05, 3.63) is 48.8 Å². The summed E-state index contributed by atoms with van der Waals surface area (Å²) in [6.07, 6.45) is 10.3. The summed E-state index contributed by atoms with van der Waals surface area (Å²) in [6, 6.07) is 12.3. The van der Waals surface area contributed by atoms with Gasteiger partial charge in [-0.3, -0.25) is 9.67 Å². The molecule has 0 bridgehead atoms. The van der Waals surface area contributed by atoms with Gasteiger partial charge in [0.15, 0.2) is 5.13 Å². The third kappa shape index (κ3) is 4.42. The van der Waals surface area contributed by atoms with Crippen molar-refractivity contribution in [3.63, 3.8) is 0 Å². The standard InChI is InChI=1S/C24H27N5OS/c1-16(17-6-4-3-5-7-17)27-24-28-20-9-8-18(15-23(20)31-24)30-19-10-12-25-21(14-19)22-11-13-26-29(22)2/h8-17H,3-7H2,1-2H3,(H,27,28). The smallest absolute Gasteiger partial charge is 0.184 e. The molecule has 1 N–H and O–H groups in total. The molecule has 6 nitrogen and oxygen atoms in total. The van der Waals surface area contributed by atoms with Crippen molar-refractivity contribution in [3.8, 4) is 22.9 Å². The molecule has 0 spiro atoms. The van der Waals surface area contributed by atoms with Crippen LogP contribution in [0, 0.1) is 5.92 Å². The van der Waals surface area contributed by atoms with Gasteiger partial charge < -0.3 is 10.1 Å². The normalized spacial score (nSPS) is 15.8. The van der Waals surface area contributed by atoms with Gasteiger partial charge in [0.1, 0.15) is 11.5 Å². The molecule has 5 rings (SSSR count). The van der Waals surface area contributed by atoms with Crippen LogP contribution in [0.4, 0.5) is 5.13 Å². The van der Waals surface area contributed by atoms with Crippen LogP contribution < -0.4 is 10.1 Å². The maximum Gasteiger partial charge on any atom is 0.184 e. The van der Waals surface area contributed by atoms with E-state index in [1.54, 1.807) is 28.4 Å². The number of fused-ring (bicyclic) bond motifs is 1. The minimum atomic E-state index is 0.457. The Hall–Kier alpha value is -2.93. The van der Waals surface area contributed by atoms with E-state index in [9.17, 15) is 0 Å². The van der Waals surface area contributed by atoms with Gasteiger partial charge in [0, 0.05) is 37.6 Å². The SMILES string of the molecule is CC(Nc1nc2ccc(Oc3ccnc(-c4ccnn4C)c3)cc2s1)C1CCCCC1. The Labute approximate surface area is 186 Å². The lowest BCUT2D eigenvalue weighted by molar-refractivity contribution is 0.328. The highest BCUT2D eigenvalue weighted by molar-refractivity contribution is 7.22. The molecular weight excluding hydrogens is 406 g/mol. The molecule has 0 amide bonds. The minimum Gasteiger partial charge on any atom is -0.457 e. The molecule has 1 saturated carbocycles. The molecule has 1 unspecified atom stereocenters. The van der Waals surface area contributed by atoms with Crippen LogP contribution in [0.3, 0.4) is 0 Å². The lowest BCUT2D eigenvalue weighted by atomic mass is 9.85. The molecule has 31 heavy (non-hydrogen) atoms. The van der Waals surface area contributed by atoms with E-state index < -0.39 is 0 Å². The number of thiazole rings is 1. The number of aryl methyl sites for hydroxylation is 1. The molecule has 0 aliphatic heterocycles. The van der Waals surface area contributed by atoms with E-state index in [1.165, 1.54) is 32.1 Å². The second-order valence-corrected chi connectivity index (χ2v) is 9.33. The number of benzene rings is 1. The number of pyridine rings is 1. The van der Waals surface area contributed by atoms with Gasteiger partial charge in [-0.2, -0.15) is 5.10 Å². The maximum atomic E-state index is 6.14. The monoisotopic (exact) mass is 433 g/mol. The van der Waals surface area contributed by atoms with Crippen LogP contribution in [0.1, 0.15) is 39.0 Å². The van der Waals surface area contributed by atoms with Gasteiger partial charge in [-0.25, -0.2) is 4.98 Å². The Morgan fingerprint density at radius 2 is 1.90 bits per heavy atom. The van der Waals surface area contributed by atoms with Gasteiger partial charge in [0.2, 0.25) is 0 Å². The molecule has 3 aromatic heterocycles. The second-order valence-electron chi connectivity index (χ2n) is 8.30. The summed E-state index contributed by atoms with van der Waals surface area (Å²) in [5, 5.41) is 8.86. The molecule has 160 valence electrons. The van der Waals surface area contributed by atoms with Gasteiger partial charge in [0.25, 0.3) is 0 Å². The minimum absolute atomic E-state index is 0.457. The van der Waals surface area contributed by atoms with Crippen LogP contribution in [-0.4, -0.2) is 25.8 Å². The van der Waals surface area contributed by atoms with E-state index in [1.807, 2.05) is 37.4 Å². The van der Waals surface area contributed by atoms with Crippen LogP contribution in [0.5, 0.6) is 11.5 Å². The zero-order valence-electron chi connectivity index (χ0n) is 17.9. The second kappa shape index (κ2) is 8.67. The first-order valence-electron chi connectivity index (χ1n) is 10.9. The molecule has 1 fully saturated rings. The quantitative estimate of drug-likeness (QED) is 0.388. The number of hydrogen-bond acceptors (Lipinski definition) is 6. The van der Waals surface area contributed by atoms with Crippen LogP contribution in [-0.2, 0) is 7.05 Å². The Morgan fingerprint density at radius 1 is 1.06 bits per heavy atom. The predicted molar refractivity (Wildman–Crippen MR) is 126 cm³/mol. The van der Waals surface area contributed by atoms with Crippen molar-refractivity contribution in [2.45, 2.75) is 45.1 Å². The number of nitrogens with zero attached hydrogens (tertiary/aromatic N) is 4. The van der Waals surface area contributed by atoms with Crippen molar-refractivity contribution < 1.29 is 4.74 Å². The molecule has 1 aliphatic carbocycles. The van der Waals surface area contributed by atoms with E-state index in [-0.39, 0.29) is 0 Å². The van der Waals surface area contributed by atoms with Gasteiger partial charge in [0.05, 0.1) is 21.6 Å². The molecule has 4 aromatic rings. The van der Waals surface area contributed by atoms with E-state index in [2.05, 4.69) is 28.4 Å². The number of hydrogen-bond donors (Lipinski definition) is 1. The highest BCUT2D eigenvalue weighted by Gasteiger charge is 2.21. The van der Waals surface area contributed by atoms with Crippen LogP contribution in [0.15, 0.2) is 48.8 Å². The lowest BCUT2D eigenvalue weighted by Gasteiger charge is -2.28. The van der Waals surface area contributed by atoms with Gasteiger partial charge >= 0.3 is 0 Å². The Morgan fingerprint density at radius 3 is 2.71 bits per heavy atom. The maximum absolute atomic E-state index is 6.14. The Balaban J connectivity index is 1.32. The molecule has 1 aliphatic rings. The molecule has 1 atom stereocenters. The number of aromatic nitrogens is 4. The molecule has 0 radical (unpaired) electrons. The molecule has 1 aromatic carbocycles. The number of nitrogens with one attached hydrogen (secondary N) is 1. The number of rotatable bonds is 6. The zero-order chi connectivity index (χ0) is 21.2. The molecule has 3 heterocycles. The van der Waals surface area contributed by atoms with Crippen molar-refractivity contribution in [1.29, 1.82) is 0 Å². The first-order chi connectivity index (χ1) is 15.2. The van der Waals surface area contributed by atoms with E-state index in [0.717, 1.165) is 44.2 Å². The third-order valence-electron chi connectivity index (χ3n) is 6.12. The summed E-state index contributed by atoms with van der Waals surface area (Å²) < 4.78 is 9.07. The van der Waals surface area contributed by atoms with Gasteiger partial charge in [-0.1, -0.05) is 30.6 Å². The zero-order valence-corrected chi connectivity index (χ0v) is 18.7. The van der Waals surface area contributed by atoms with Gasteiger partial charge in [-0.15, -0.1) is 0 Å². The molecule has 0 saturated heterocycles. The summed E-state index contributed by atoms with van der Waals surface area (Å²) in [6.45, 7) is 2.29. The topological polar surface area (TPSA) is 64.9 Å². The van der Waals surface area contributed by atoms with E-state index >= 15 is 0 Å². The molecular formula is C24H27N5OS. The largest absolute Gasteiger partial charge is 0.457 e. The summed E-state index contributed by atoms with van der Waals surface area (Å²) >= 11 is 1.69. The first kappa shape index (κ1) is 20.0. The fourth-order valence-electron chi connectivity index (χ4n) is 4.35. The van der Waals surface area contributed by atoms with Crippen molar-refractivity contribution in [1.82, 2.24) is 19.7 Å². The fraction of sp³-hybridized carbons (Fsp3) is 0.375. The highest BCUT2D eigenvalue weighted by Crippen LogP contribution is 2.34. The average molecular weight is 434 g/mol. The van der Waals surface area contributed by atoms with Crippen LogP contribution >= 0.6 is 11.3 Å². The van der Waals surface area contributed by atoms with E-state index in [0.29, 0.717) is 6.04 Å². The number of anilines is 1. The van der Waals surface area contributed by atoms with Crippen LogP contribution in [0.25, 0.3) is 21.6 Å². The summed E-state index contributed by atoms with van der Waals surface area (Å²) in [7, 11) is 1.91. The van der Waals surface area contributed by atoms with Crippen molar-refractivity contribution >= 4 is 26.7 Å². The summed E-state index contributed by atoms with van der Waals surface area (Å²) in [5.41, 5.74) is 2.78. The Bertz CT molecular complexity index is 1180. The summed E-state index contributed by atoms with van der Waals surface area (Å²) in [4.78, 5) is 9.23. The molecule has 7 heteroatoms. The van der Waals surface area contributed by atoms with Crippen molar-refractivity contribution in [2.24, 2.45) is 13.0 Å². The van der Waals surface area contributed by atoms with Crippen LogP contribution in [0.2, 0.25) is 0 Å². The average Bonchev–Trinajstić information content (AvgIpc) is 3.39. The first-order valence-corrected chi connectivity index (χ1v) is 11.8. The third-order valence-corrected chi connectivity index (χ3v) is 7.07. The predicted octanol–water partition coefficient (Wildman–Crippen LogP) is 6.26. The van der Waals surface area contributed by atoms with E-state index in [4.69, 9.17) is 9.72 Å². The summed E-state index contributed by atoms with van der Waals surface area (Å²) in [5.74, 6) is 2.30. The Kier molecular flexibility index (Phi) is 5.59. The van der Waals surface area contributed by atoms with Gasteiger partial charge in [-0.05, 0) is 49.9 Å².